The molecule has 1 N–H and O–H groups in total. The lowest BCUT2D eigenvalue weighted by Gasteiger charge is -2.38. The number of hydrogen-bond acceptors (Lipinski definition) is 5. The van der Waals surface area contributed by atoms with E-state index in [-0.39, 0.29) is 30.5 Å². The van der Waals surface area contributed by atoms with Gasteiger partial charge in [0.15, 0.2) is 11.5 Å². The van der Waals surface area contributed by atoms with E-state index in [1.54, 1.807) is 19.1 Å². The largest absolute Gasteiger partial charge is 0.493 e. The molecule has 0 aromatic heterocycles. The second-order valence-corrected chi connectivity index (χ2v) is 7.08. The summed E-state index contributed by atoms with van der Waals surface area (Å²) in [4.78, 5) is 26.7. The van der Waals surface area contributed by atoms with Crippen LogP contribution >= 0.6 is 0 Å². The summed E-state index contributed by atoms with van der Waals surface area (Å²) in [7, 11) is 4.54. The van der Waals surface area contributed by atoms with E-state index in [0.29, 0.717) is 24.5 Å². The molecule has 2 amide bonds. The number of ether oxygens (including phenoxy) is 3. The van der Waals surface area contributed by atoms with Crippen molar-refractivity contribution < 1.29 is 23.8 Å². The molecule has 27 heavy (non-hydrogen) atoms. The first kappa shape index (κ1) is 19.3. The van der Waals surface area contributed by atoms with E-state index in [4.69, 9.17) is 14.2 Å². The number of rotatable bonds is 5. The van der Waals surface area contributed by atoms with Gasteiger partial charge in [0.25, 0.3) is 0 Å². The van der Waals surface area contributed by atoms with Crippen LogP contribution in [0.1, 0.15) is 49.3 Å². The first-order valence-electron chi connectivity index (χ1n) is 9.46. The number of urea groups is 1. The van der Waals surface area contributed by atoms with E-state index in [9.17, 15) is 9.59 Å². The van der Waals surface area contributed by atoms with E-state index in [0.717, 1.165) is 36.8 Å². The fourth-order valence-corrected chi connectivity index (χ4v) is 4.06. The molecular formula is C20H28N2O5. The summed E-state index contributed by atoms with van der Waals surface area (Å²) < 4.78 is 15.7. The molecule has 1 atom stereocenters. The number of fused-ring (bicyclic) bond motifs is 1. The van der Waals surface area contributed by atoms with Crippen LogP contribution in [0, 0.1) is 0 Å². The molecule has 1 heterocycles. The van der Waals surface area contributed by atoms with Crippen molar-refractivity contribution in [2.75, 3.05) is 27.9 Å². The predicted octanol–water partition coefficient (Wildman–Crippen LogP) is 2.82. The number of benzene rings is 1. The van der Waals surface area contributed by atoms with Crippen LogP contribution in [-0.2, 0) is 16.0 Å². The maximum atomic E-state index is 12.9. The van der Waals surface area contributed by atoms with E-state index >= 15 is 0 Å². The van der Waals surface area contributed by atoms with Crippen molar-refractivity contribution in [1.82, 2.24) is 10.2 Å². The fraction of sp³-hybridized carbons (Fsp3) is 0.600. The Labute approximate surface area is 160 Å². The Morgan fingerprint density at radius 3 is 2.41 bits per heavy atom. The number of nitrogens with zero attached hydrogens (tertiary/aromatic N) is 1. The zero-order valence-corrected chi connectivity index (χ0v) is 16.2. The van der Waals surface area contributed by atoms with Crippen molar-refractivity contribution in [2.45, 2.75) is 50.6 Å². The highest BCUT2D eigenvalue weighted by Gasteiger charge is 2.35. The Bertz CT molecular complexity index is 700. The van der Waals surface area contributed by atoms with Gasteiger partial charge in [-0.05, 0) is 42.5 Å². The molecule has 1 saturated carbocycles. The van der Waals surface area contributed by atoms with Gasteiger partial charge in [-0.2, -0.15) is 0 Å². The Hall–Kier alpha value is -2.44. The second kappa shape index (κ2) is 8.50. The van der Waals surface area contributed by atoms with Crippen molar-refractivity contribution in [3.8, 4) is 11.5 Å². The van der Waals surface area contributed by atoms with Crippen LogP contribution in [0.5, 0.6) is 11.5 Å². The number of hydrogen-bond donors (Lipinski definition) is 1. The molecule has 1 aromatic carbocycles. The van der Waals surface area contributed by atoms with Gasteiger partial charge in [0, 0.05) is 12.6 Å². The van der Waals surface area contributed by atoms with Gasteiger partial charge in [-0.3, -0.25) is 4.79 Å². The molecule has 0 saturated heterocycles. The molecule has 0 unspecified atom stereocenters. The number of nitrogens with one attached hydrogen (secondary N) is 1. The van der Waals surface area contributed by atoms with Crippen LogP contribution in [0.25, 0.3) is 0 Å². The quantitative estimate of drug-likeness (QED) is 0.800. The third-order valence-electron chi connectivity index (χ3n) is 5.53. The van der Waals surface area contributed by atoms with Gasteiger partial charge in [0.1, 0.15) is 0 Å². The summed E-state index contributed by atoms with van der Waals surface area (Å²) in [6.07, 6.45) is 5.14. The summed E-state index contributed by atoms with van der Waals surface area (Å²) in [6.45, 7) is 0.544. The van der Waals surface area contributed by atoms with Gasteiger partial charge in [-0.15, -0.1) is 0 Å². The summed E-state index contributed by atoms with van der Waals surface area (Å²) in [5.74, 6) is 0.891. The molecule has 0 bridgehead atoms. The van der Waals surface area contributed by atoms with E-state index in [2.05, 4.69) is 5.32 Å². The first-order chi connectivity index (χ1) is 13.1. The average molecular weight is 376 g/mol. The SMILES string of the molecule is COC(=O)C[C@H]1c2cc(OC)c(OC)cc2CCN1C(=O)NC1CCCC1. The summed E-state index contributed by atoms with van der Waals surface area (Å²) in [5.41, 5.74) is 1.97. The van der Waals surface area contributed by atoms with Crippen molar-refractivity contribution in [2.24, 2.45) is 0 Å². The van der Waals surface area contributed by atoms with Gasteiger partial charge < -0.3 is 24.4 Å². The van der Waals surface area contributed by atoms with E-state index < -0.39 is 0 Å². The highest BCUT2D eigenvalue weighted by Crippen LogP contribution is 2.39. The van der Waals surface area contributed by atoms with Crippen LogP contribution in [-0.4, -0.2) is 50.8 Å². The number of carbonyl (C=O) groups excluding carboxylic acids is 2. The Morgan fingerprint density at radius 2 is 1.78 bits per heavy atom. The van der Waals surface area contributed by atoms with Crippen molar-refractivity contribution in [3.63, 3.8) is 0 Å². The highest BCUT2D eigenvalue weighted by molar-refractivity contribution is 5.78. The number of esters is 1. The summed E-state index contributed by atoms with van der Waals surface area (Å²) in [5, 5.41) is 3.13. The maximum absolute atomic E-state index is 12.9. The number of methoxy groups -OCH3 is 3. The minimum atomic E-state index is -0.387. The van der Waals surface area contributed by atoms with Gasteiger partial charge in [-0.1, -0.05) is 12.8 Å². The van der Waals surface area contributed by atoms with Gasteiger partial charge in [-0.25, -0.2) is 4.79 Å². The lowest BCUT2D eigenvalue weighted by atomic mass is 9.90. The van der Waals surface area contributed by atoms with Gasteiger partial charge in [0.2, 0.25) is 0 Å². The molecule has 7 heteroatoms. The number of carbonyl (C=O) groups is 2. The highest BCUT2D eigenvalue weighted by atomic mass is 16.5. The zero-order valence-electron chi connectivity index (χ0n) is 16.2. The summed E-state index contributed by atoms with van der Waals surface area (Å²) >= 11 is 0. The molecule has 1 aliphatic heterocycles. The molecular weight excluding hydrogens is 348 g/mol. The third kappa shape index (κ3) is 4.12. The lowest BCUT2D eigenvalue weighted by molar-refractivity contribution is -0.141. The van der Waals surface area contributed by atoms with Gasteiger partial charge >= 0.3 is 12.0 Å². The zero-order chi connectivity index (χ0) is 19.4. The standard InChI is InChI=1S/C20H28N2O5/c1-25-17-10-13-8-9-22(20(24)21-14-6-4-5-7-14)16(12-19(23)27-3)15(13)11-18(17)26-2/h10-11,14,16H,4-9,12H2,1-3H3,(H,21,24)/t16-/m0/s1. The monoisotopic (exact) mass is 376 g/mol. The van der Waals surface area contributed by atoms with Crippen LogP contribution in [0.3, 0.4) is 0 Å². The van der Waals surface area contributed by atoms with E-state index in [1.807, 2.05) is 12.1 Å². The first-order valence-corrected chi connectivity index (χ1v) is 9.46. The van der Waals surface area contributed by atoms with Crippen LogP contribution in [0.2, 0.25) is 0 Å². The Kier molecular flexibility index (Phi) is 6.08. The lowest BCUT2D eigenvalue weighted by Crippen LogP contribution is -2.48. The Balaban J connectivity index is 1.90. The van der Waals surface area contributed by atoms with Crippen LogP contribution < -0.4 is 14.8 Å². The smallest absolute Gasteiger partial charge is 0.318 e. The molecule has 3 rings (SSSR count). The molecule has 1 fully saturated rings. The van der Waals surface area contributed by atoms with E-state index in [1.165, 1.54) is 7.11 Å². The molecule has 148 valence electrons. The average Bonchev–Trinajstić information content (AvgIpc) is 3.19. The molecule has 0 radical (unpaired) electrons. The van der Waals surface area contributed by atoms with Crippen molar-refractivity contribution in [3.05, 3.63) is 23.3 Å². The third-order valence-corrected chi connectivity index (χ3v) is 5.53. The Morgan fingerprint density at radius 1 is 1.11 bits per heavy atom. The normalized spacial score (nSPS) is 19.4. The molecule has 2 aliphatic rings. The summed E-state index contributed by atoms with van der Waals surface area (Å²) in [6, 6.07) is 3.53. The van der Waals surface area contributed by atoms with Crippen molar-refractivity contribution in [1.29, 1.82) is 0 Å². The maximum Gasteiger partial charge on any atom is 0.318 e. The minimum absolute atomic E-state index is 0.108. The molecule has 0 spiro atoms. The van der Waals surface area contributed by atoms with Crippen LogP contribution in [0.4, 0.5) is 4.79 Å². The molecule has 1 aromatic rings. The fourth-order valence-electron chi connectivity index (χ4n) is 4.06. The number of amides is 2. The second-order valence-electron chi connectivity index (χ2n) is 7.08. The topological polar surface area (TPSA) is 77.1 Å². The minimum Gasteiger partial charge on any atom is -0.493 e. The van der Waals surface area contributed by atoms with Crippen molar-refractivity contribution >= 4 is 12.0 Å². The molecule has 7 nitrogen and oxygen atoms in total. The van der Waals surface area contributed by atoms with Crippen LogP contribution in [0.15, 0.2) is 12.1 Å². The van der Waals surface area contributed by atoms with Gasteiger partial charge in [0.05, 0.1) is 33.8 Å². The molecule has 1 aliphatic carbocycles. The predicted molar refractivity (Wildman–Crippen MR) is 100 cm³/mol.